The summed E-state index contributed by atoms with van der Waals surface area (Å²) in [4.78, 5) is 4.79. The van der Waals surface area contributed by atoms with Gasteiger partial charge in [-0.25, -0.2) is 0 Å². The molecule has 11 rings (SSSR count). The summed E-state index contributed by atoms with van der Waals surface area (Å²) < 4.78 is 0. The maximum atomic E-state index is 2.44. The van der Waals surface area contributed by atoms with Crippen molar-refractivity contribution in [3.63, 3.8) is 0 Å². The van der Waals surface area contributed by atoms with E-state index < -0.39 is 0 Å². The van der Waals surface area contributed by atoms with Crippen LogP contribution in [0, 0.1) is 0 Å². The summed E-state index contributed by atoms with van der Waals surface area (Å²) in [5.74, 6) is 0.497. The lowest BCUT2D eigenvalue weighted by molar-refractivity contribution is 0.654. The molecule has 314 valence electrons. The molecule has 0 heterocycles. The number of para-hydroxylation sites is 2. The van der Waals surface area contributed by atoms with Crippen LogP contribution in [0.4, 0.5) is 34.1 Å². The average Bonchev–Trinajstić information content (AvgIpc) is 3.60. The zero-order valence-corrected chi connectivity index (χ0v) is 37.1. The first-order chi connectivity index (χ1) is 32.0. The van der Waals surface area contributed by atoms with Crippen LogP contribution in [0.15, 0.2) is 237 Å². The number of rotatable bonds is 10. The predicted octanol–water partition coefficient (Wildman–Crippen LogP) is 17.8. The molecule has 2 aliphatic carbocycles. The summed E-state index contributed by atoms with van der Waals surface area (Å²) in [5.41, 5.74) is 20.6. The summed E-state index contributed by atoms with van der Waals surface area (Å²) in [6, 6.07) is 82.4. The Hall–Kier alpha value is -7.68. The summed E-state index contributed by atoms with van der Waals surface area (Å²) in [5, 5.41) is 0. The monoisotopic (exact) mass is 836 g/mol. The van der Waals surface area contributed by atoms with E-state index in [4.69, 9.17) is 0 Å². The third-order valence-electron chi connectivity index (χ3n) is 13.7. The van der Waals surface area contributed by atoms with Crippen LogP contribution in [0.5, 0.6) is 0 Å². The van der Waals surface area contributed by atoms with Crippen molar-refractivity contribution in [2.75, 3.05) is 9.80 Å². The zero-order valence-electron chi connectivity index (χ0n) is 37.1. The summed E-state index contributed by atoms with van der Waals surface area (Å²) >= 11 is 0. The molecule has 2 heteroatoms. The second-order valence-corrected chi connectivity index (χ2v) is 18.1. The third-order valence-corrected chi connectivity index (χ3v) is 13.7. The number of hydrogen-bond acceptors (Lipinski definition) is 2. The van der Waals surface area contributed by atoms with E-state index in [0.717, 1.165) is 34.1 Å². The van der Waals surface area contributed by atoms with Crippen molar-refractivity contribution >= 4 is 34.1 Å². The normalized spacial score (nSPS) is 14.6. The molecule has 65 heavy (non-hydrogen) atoms. The molecule has 0 aliphatic heterocycles. The van der Waals surface area contributed by atoms with E-state index in [1.54, 1.807) is 0 Å². The Balaban J connectivity index is 0.962. The number of fused-ring (bicyclic) bond motifs is 3. The van der Waals surface area contributed by atoms with Crippen molar-refractivity contribution in [1.29, 1.82) is 0 Å². The molecule has 0 fully saturated rings. The lowest BCUT2D eigenvalue weighted by Gasteiger charge is -2.29. The van der Waals surface area contributed by atoms with Crippen LogP contribution < -0.4 is 9.80 Å². The Morgan fingerprint density at radius 3 is 1.25 bits per heavy atom. The van der Waals surface area contributed by atoms with E-state index in [0.29, 0.717) is 5.92 Å². The van der Waals surface area contributed by atoms with Crippen LogP contribution in [0.2, 0.25) is 0 Å². The molecule has 9 aromatic carbocycles. The molecule has 9 aromatic rings. The van der Waals surface area contributed by atoms with Gasteiger partial charge in [-0.15, -0.1) is 0 Å². The quantitative estimate of drug-likeness (QED) is 0.127. The van der Waals surface area contributed by atoms with Gasteiger partial charge in [0.2, 0.25) is 0 Å². The molecule has 0 bridgehead atoms. The molecule has 0 aromatic heterocycles. The number of allylic oxidation sites excluding steroid dienone is 2. The van der Waals surface area contributed by atoms with Gasteiger partial charge in [-0.2, -0.15) is 0 Å². The van der Waals surface area contributed by atoms with Gasteiger partial charge in [-0.3, -0.25) is 0 Å². The first-order valence-corrected chi connectivity index (χ1v) is 23.1. The average molecular weight is 837 g/mol. The lowest BCUT2D eigenvalue weighted by Crippen LogP contribution is -2.17. The Labute approximate surface area is 384 Å². The van der Waals surface area contributed by atoms with Gasteiger partial charge in [0.05, 0.1) is 0 Å². The highest BCUT2D eigenvalue weighted by molar-refractivity contribution is 5.89. The molecule has 1 atom stereocenters. The maximum absolute atomic E-state index is 2.44. The van der Waals surface area contributed by atoms with Gasteiger partial charge in [-0.05, 0) is 153 Å². The SMILES string of the molecule is CC1(C)c2cc(N(c3ccccc3)c3ccccc3)ccc2-c2ccc(N(c3ccc(-c4ccc(-c5ccccc5)cc4)cc3)c3ccc(-c4cccc(C5C=CCCC5)c4)cc3)cc21. The standard InChI is InChI=1S/C63H52N2/c1-63(2)61-43-57(64(53-22-11-5-12-23-53)54-24-13-6-14-25-54)38-40-59(61)60-41-39-58(44-62(60)63)65(55-34-30-49(31-35-55)48-28-26-47(27-29-48)45-16-7-3-8-17-45)56-36-32-50(33-37-56)52-21-15-20-51(42-52)46-18-9-4-10-19-46/h3,5-9,11-18,20-44,46H,4,10,19H2,1-2H3. The molecule has 0 saturated heterocycles. The largest absolute Gasteiger partial charge is 0.310 e. The zero-order chi connectivity index (χ0) is 43.7. The van der Waals surface area contributed by atoms with Gasteiger partial charge >= 0.3 is 0 Å². The molecule has 0 N–H and O–H groups in total. The fourth-order valence-electron chi connectivity index (χ4n) is 10.2. The summed E-state index contributed by atoms with van der Waals surface area (Å²) in [6.45, 7) is 4.77. The maximum Gasteiger partial charge on any atom is 0.0465 e. The van der Waals surface area contributed by atoms with Crippen LogP contribution in [0.1, 0.15) is 55.7 Å². The Morgan fingerprint density at radius 1 is 0.369 bits per heavy atom. The van der Waals surface area contributed by atoms with Crippen LogP contribution in [-0.4, -0.2) is 0 Å². The molecule has 2 aliphatic rings. The van der Waals surface area contributed by atoms with Gasteiger partial charge in [0.1, 0.15) is 0 Å². The van der Waals surface area contributed by atoms with Crippen molar-refractivity contribution < 1.29 is 0 Å². The highest BCUT2D eigenvalue weighted by Crippen LogP contribution is 2.52. The Bertz CT molecular complexity index is 3070. The fourth-order valence-corrected chi connectivity index (χ4v) is 10.2. The molecule has 0 amide bonds. The molecule has 0 saturated carbocycles. The van der Waals surface area contributed by atoms with E-state index in [1.165, 1.54) is 80.5 Å². The minimum atomic E-state index is -0.237. The minimum Gasteiger partial charge on any atom is -0.310 e. The fraction of sp³-hybridized carbons (Fsp3) is 0.111. The second kappa shape index (κ2) is 17.1. The van der Waals surface area contributed by atoms with Crippen molar-refractivity contribution in [3.05, 3.63) is 253 Å². The first kappa shape index (κ1) is 40.1. The van der Waals surface area contributed by atoms with Crippen LogP contribution in [0.25, 0.3) is 44.5 Å². The van der Waals surface area contributed by atoms with Crippen molar-refractivity contribution in [1.82, 2.24) is 0 Å². The van der Waals surface area contributed by atoms with E-state index in [1.807, 2.05) is 0 Å². The van der Waals surface area contributed by atoms with Crippen molar-refractivity contribution in [2.24, 2.45) is 0 Å². The smallest absolute Gasteiger partial charge is 0.0465 e. The minimum absolute atomic E-state index is 0.237. The van der Waals surface area contributed by atoms with Gasteiger partial charge in [0, 0.05) is 45.5 Å². The number of hydrogen-bond donors (Lipinski definition) is 0. The van der Waals surface area contributed by atoms with Gasteiger partial charge in [0.25, 0.3) is 0 Å². The molecular formula is C63H52N2. The highest BCUT2D eigenvalue weighted by atomic mass is 15.1. The highest BCUT2D eigenvalue weighted by Gasteiger charge is 2.37. The van der Waals surface area contributed by atoms with Crippen molar-refractivity contribution in [2.45, 2.75) is 44.4 Å². The lowest BCUT2D eigenvalue weighted by atomic mass is 9.82. The Kier molecular flexibility index (Phi) is 10.6. The van der Waals surface area contributed by atoms with E-state index in [9.17, 15) is 0 Å². The third kappa shape index (κ3) is 7.76. The predicted molar refractivity (Wildman–Crippen MR) is 275 cm³/mol. The van der Waals surface area contributed by atoms with E-state index in [-0.39, 0.29) is 5.41 Å². The van der Waals surface area contributed by atoms with Crippen LogP contribution in [-0.2, 0) is 5.41 Å². The second-order valence-electron chi connectivity index (χ2n) is 18.1. The van der Waals surface area contributed by atoms with E-state index >= 15 is 0 Å². The van der Waals surface area contributed by atoms with Crippen molar-refractivity contribution in [3.8, 4) is 44.5 Å². The molecular weight excluding hydrogens is 785 g/mol. The van der Waals surface area contributed by atoms with Crippen LogP contribution in [0.3, 0.4) is 0 Å². The molecule has 0 spiro atoms. The van der Waals surface area contributed by atoms with Crippen LogP contribution >= 0.6 is 0 Å². The number of anilines is 6. The van der Waals surface area contributed by atoms with Gasteiger partial charge in [0.15, 0.2) is 0 Å². The first-order valence-electron chi connectivity index (χ1n) is 23.1. The summed E-state index contributed by atoms with van der Waals surface area (Å²) in [7, 11) is 0. The number of benzene rings is 9. The Morgan fingerprint density at radius 2 is 0.769 bits per heavy atom. The molecule has 1 unspecified atom stereocenters. The molecule has 2 nitrogen and oxygen atoms in total. The number of nitrogens with zero attached hydrogens (tertiary/aromatic N) is 2. The topological polar surface area (TPSA) is 6.48 Å². The van der Waals surface area contributed by atoms with E-state index in [2.05, 4.69) is 260 Å². The van der Waals surface area contributed by atoms with Gasteiger partial charge in [-0.1, -0.05) is 178 Å². The van der Waals surface area contributed by atoms with Gasteiger partial charge < -0.3 is 9.80 Å². The molecule has 0 radical (unpaired) electrons. The summed E-state index contributed by atoms with van der Waals surface area (Å²) in [6.07, 6.45) is 8.41.